The fourth-order valence-corrected chi connectivity index (χ4v) is 5.17. The van der Waals surface area contributed by atoms with Gasteiger partial charge in [0.25, 0.3) is 0 Å². The van der Waals surface area contributed by atoms with E-state index in [0.717, 1.165) is 22.7 Å². The van der Waals surface area contributed by atoms with Gasteiger partial charge in [-0.25, -0.2) is 0 Å². The summed E-state index contributed by atoms with van der Waals surface area (Å²) in [6.07, 6.45) is -4.47. The Morgan fingerprint density at radius 3 is 2.03 bits per heavy atom. The van der Waals surface area contributed by atoms with Crippen LogP contribution in [0.1, 0.15) is 16.7 Å². The molecule has 1 heterocycles. The minimum Gasteiger partial charge on any atom is -0.309 e. The molecule has 0 aliphatic carbocycles. The summed E-state index contributed by atoms with van der Waals surface area (Å²) in [4.78, 5) is 0. The maximum Gasteiger partial charge on any atom is 0.416 e. The fourth-order valence-electron chi connectivity index (χ4n) is 5.17. The normalized spacial score (nSPS) is 11.4. The number of hydrogen-bond donors (Lipinski definition) is 0. The Bertz CT molecular complexity index is 1970. The zero-order valence-corrected chi connectivity index (χ0v) is 20.4. The van der Waals surface area contributed by atoms with Gasteiger partial charge in [-0.15, -0.1) is 0 Å². The van der Waals surface area contributed by atoms with Crippen LogP contribution < -0.4 is 0 Å². The zero-order valence-electron chi connectivity index (χ0n) is 20.4. The van der Waals surface area contributed by atoms with Crippen molar-refractivity contribution in [3.8, 4) is 40.1 Å². The number of hydrogen-bond acceptors (Lipinski definition) is 2. The smallest absolute Gasteiger partial charge is 0.309 e. The second kappa shape index (κ2) is 9.20. The van der Waals surface area contributed by atoms with Crippen LogP contribution in [-0.2, 0) is 6.18 Å². The molecule has 0 spiro atoms. The van der Waals surface area contributed by atoms with Gasteiger partial charge in [0.2, 0.25) is 0 Å². The zero-order chi connectivity index (χ0) is 27.1. The van der Waals surface area contributed by atoms with Crippen LogP contribution in [0, 0.1) is 22.7 Å². The Labute approximate surface area is 222 Å². The quantitative estimate of drug-likeness (QED) is 0.237. The van der Waals surface area contributed by atoms with Crippen LogP contribution in [0.3, 0.4) is 0 Å². The molecule has 0 aliphatic rings. The molecular weight excluding hydrogens is 495 g/mol. The van der Waals surface area contributed by atoms with E-state index in [0.29, 0.717) is 33.1 Å². The molecule has 0 saturated carbocycles. The van der Waals surface area contributed by atoms with Gasteiger partial charge in [-0.2, -0.15) is 23.7 Å². The number of nitrogens with zero attached hydrogens (tertiary/aromatic N) is 3. The molecule has 1 aromatic heterocycles. The average molecular weight is 514 g/mol. The van der Waals surface area contributed by atoms with Crippen molar-refractivity contribution in [3.63, 3.8) is 0 Å². The molecule has 0 N–H and O–H groups in total. The van der Waals surface area contributed by atoms with Gasteiger partial charge >= 0.3 is 6.18 Å². The first-order valence-corrected chi connectivity index (χ1v) is 12.1. The van der Waals surface area contributed by atoms with Gasteiger partial charge in [0, 0.05) is 21.9 Å². The lowest BCUT2D eigenvalue weighted by Crippen LogP contribution is -2.04. The monoisotopic (exact) mass is 513 g/mol. The van der Waals surface area contributed by atoms with Crippen LogP contribution in [0.4, 0.5) is 13.2 Å². The van der Waals surface area contributed by atoms with Gasteiger partial charge in [-0.1, -0.05) is 66.7 Å². The molecule has 0 fully saturated rings. The van der Waals surface area contributed by atoms with E-state index in [1.54, 1.807) is 18.2 Å². The van der Waals surface area contributed by atoms with E-state index in [2.05, 4.69) is 12.1 Å². The molecule has 6 aromatic rings. The van der Waals surface area contributed by atoms with Crippen molar-refractivity contribution in [3.05, 3.63) is 126 Å². The highest BCUT2D eigenvalue weighted by atomic mass is 19.4. The van der Waals surface area contributed by atoms with Crippen molar-refractivity contribution in [1.29, 1.82) is 10.5 Å². The van der Waals surface area contributed by atoms with E-state index in [1.165, 1.54) is 12.1 Å². The highest BCUT2D eigenvalue weighted by molar-refractivity contribution is 6.10. The SMILES string of the molecule is N#Cc1cc(-c2ccccc2)cc(-c2ccccc2-n2c3ccccc3c3cc(C(F)(F)F)ccc32)c1C#N. The first-order chi connectivity index (χ1) is 18.9. The summed E-state index contributed by atoms with van der Waals surface area (Å²) in [5.41, 5.74) is 4.75. The highest BCUT2D eigenvalue weighted by Crippen LogP contribution is 2.40. The van der Waals surface area contributed by atoms with Crippen LogP contribution in [0.2, 0.25) is 0 Å². The predicted octanol–water partition coefficient (Wildman–Crippen LogP) is 8.88. The predicted molar refractivity (Wildman–Crippen MR) is 146 cm³/mol. The third-order valence-corrected chi connectivity index (χ3v) is 6.91. The van der Waals surface area contributed by atoms with E-state index in [-0.39, 0.29) is 11.1 Å². The van der Waals surface area contributed by atoms with Crippen LogP contribution in [0.25, 0.3) is 49.7 Å². The van der Waals surface area contributed by atoms with Gasteiger partial charge in [-0.3, -0.25) is 0 Å². The Kier molecular flexibility index (Phi) is 5.67. The first kappa shape index (κ1) is 24.0. The molecule has 0 amide bonds. The number of alkyl halides is 3. The highest BCUT2D eigenvalue weighted by Gasteiger charge is 2.31. The van der Waals surface area contributed by atoms with Crippen LogP contribution in [0.5, 0.6) is 0 Å². The second-order valence-electron chi connectivity index (χ2n) is 9.14. The lowest BCUT2D eigenvalue weighted by molar-refractivity contribution is -0.137. The minimum atomic E-state index is -4.47. The molecule has 6 rings (SSSR count). The fraction of sp³-hybridized carbons (Fsp3) is 0.0303. The Morgan fingerprint density at radius 2 is 1.28 bits per heavy atom. The maximum atomic E-state index is 13.6. The number of benzene rings is 5. The van der Waals surface area contributed by atoms with Crippen LogP contribution >= 0.6 is 0 Å². The number of aromatic nitrogens is 1. The summed E-state index contributed by atoms with van der Waals surface area (Å²) in [7, 11) is 0. The molecule has 0 unspecified atom stereocenters. The van der Waals surface area contributed by atoms with Crippen molar-refractivity contribution in [1.82, 2.24) is 4.57 Å². The molecule has 0 aliphatic heterocycles. The minimum absolute atomic E-state index is 0.241. The van der Waals surface area contributed by atoms with Crippen molar-refractivity contribution in [2.45, 2.75) is 6.18 Å². The third kappa shape index (κ3) is 4.00. The lowest BCUT2D eigenvalue weighted by Gasteiger charge is -2.17. The first-order valence-electron chi connectivity index (χ1n) is 12.1. The van der Waals surface area contributed by atoms with Crippen molar-refractivity contribution >= 4 is 21.8 Å². The van der Waals surface area contributed by atoms with E-state index >= 15 is 0 Å². The molecule has 3 nitrogen and oxygen atoms in total. The maximum absolute atomic E-state index is 13.6. The van der Waals surface area contributed by atoms with E-state index < -0.39 is 11.7 Å². The molecule has 39 heavy (non-hydrogen) atoms. The van der Waals surface area contributed by atoms with Gasteiger partial charge in [0.15, 0.2) is 0 Å². The third-order valence-electron chi connectivity index (χ3n) is 6.91. The Hall–Kier alpha value is -5.33. The van der Waals surface area contributed by atoms with E-state index in [1.807, 2.05) is 77.4 Å². The molecule has 0 bridgehead atoms. The molecule has 6 heteroatoms. The molecule has 5 aromatic carbocycles. The molecular formula is C33H18F3N3. The van der Waals surface area contributed by atoms with Crippen molar-refractivity contribution < 1.29 is 13.2 Å². The number of fused-ring (bicyclic) bond motifs is 3. The van der Waals surface area contributed by atoms with Crippen molar-refractivity contribution in [2.75, 3.05) is 0 Å². The van der Waals surface area contributed by atoms with Gasteiger partial charge in [-0.05, 0) is 53.6 Å². The topological polar surface area (TPSA) is 52.5 Å². The van der Waals surface area contributed by atoms with Crippen molar-refractivity contribution in [2.24, 2.45) is 0 Å². The number of para-hydroxylation sites is 2. The Balaban J connectivity index is 1.69. The summed E-state index contributed by atoms with van der Waals surface area (Å²) in [6, 6.07) is 36.1. The molecule has 0 radical (unpaired) electrons. The Morgan fingerprint density at radius 1 is 0.590 bits per heavy atom. The number of nitriles is 2. The summed E-state index contributed by atoms with van der Waals surface area (Å²) >= 11 is 0. The molecule has 0 atom stereocenters. The summed E-state index contributed by atoms with van der Waals surface area (Å²) < 4.78 is 42.7. The van der Waals surface area contributed by atoms with Gasteiger partial charge < -0.3 is 4.57 Å². The van der Waals surface area contributed by atoms with Crippen LogP contribution in [0.15, 0.2) is 109 Å². The summed E-state index contributed by atoms with van der Waals surface area (Å²) in [5, 5.41) is 21.2. The standard InChI is InChI=1S/C33H18F3N3/c34-33(35,36)24-14-15-32-28(18-24)26-11-5-7-13-31(26)39(32)30-12-6-4-10-25(30)27-17-22(21-8-2-1-3-9-21)16-23(19-37)29(27)20-38/h1-18H. The van der Waals surface area contributed by atoms with E-state index in [9.17, 15) is 23.7 Å². The molecule has 0 saturated heterocycles. The second-order valence-corrected chi connectivity index (χ2v) is 9.14. The average Bonchev–Trinajstić information content (AvgIpc) is 3.30. The number of halogens is 3. The van der Waals surface area contributed by atoms with Gasteiger partial charge in [0.05, 0.1) is 33.4 Å². The van der Waals surface area contributed by atoms with Gasteiger partial charge in [0.1, 0.15) is 12.1 Å². The largest absolute Gasteiger partial charge is 0.416 e. The summed E-state index contributed by atoms with van der Waals surface area (Å²) in [6.45, 7) is 0. The number of rotatable bonds is 3. The molecule has 186 valence electrons. The van der Waals surface area contributed by atoms with Crippen LogP contribution in [-0.4, -0.2) is 4.57 Å². The summed E-state index contributed by atoms with van der Waals surface area (Å²) in [5.74, 6) is 0. The van der Waals surface area contributed by atoms with E-state index in [4.69, 9.17) is 0 Å². The lowest BCUT2D eigenvalue weighted by atomic mass is 9.90.